The van der Waals surface area contributed by atoms with Crippen LogP contribution in [0.15, 0.2) is 36.4 Å². The number of thiophene rings is 1. The first-order valence-electron chi connectivity index (χ1n) is 10.5. The Morgan fingerprint density at radius 2 is 2.00 bits per heavy atom. The number of carbonyl (C=O) groups is 3. The number of nitrogens with zero attached hydrogens (tertiary/aromatic N) is 2. The fraction of sp³-hybridized carbons (Fsp3) is 0.409. The van der Waals surface area contributed by atoms with Crippen LogP contribution in [0.4, 0.5) is 11.4 Å². The van der Waals surface area contributed by atoms with Crippen LogP contribution in [-0.4, -0.2) is 81.3 Å². The van der Waals surface area contributed by atoms with Crippen molar-refractivity contribution in [1.29, 1.82) is 0 Å². The number of halogens is 1. The molecular formula is C22H25ClN4O5S. The Morgan fingerprint density at radius 1 is 1.21 bits per heavy atom. The molecule has 0 spiro atoms. The summed E-state index contributed by atoms with van der Waals surface area (Å²) in [5.41, 5.74) is 1.42. The molecule has 2 atom stereocenters. The Labute approximate surface area is 200 Å². The van der Waals surface area contributed by atoms with Crippen LogP contribution in [0.25, 0.3) is 0 Å². The van der Waals surface area contributed by atoms with Gasteiger partial charge in [-0.05, 0) is 36.4 Å². The third kappa shape index (κ3) is 5.90. The quantitative estimate of drug-likeness (QED) is 0.611. The second-order valence-corrected chi connectivity index (χ2v) is 9.56. The minimum Gasteiger partial charge on any atom is -0.378 e. The summed E-state index contributed by atoms with van der Waals surface area (Å²) < 4.78 is 11.2. The normalized spacial score (nSPS) is 21.3. The number of benzene rings is 1. The maximum atomic E-state index is 12.6. The highest BCUT2D eigenvalue weighted by molar-refractivity contribution is 7.18. The number of amides is 3. The largest absolute Gasteiger partial charge is 0.378 e. The lowest BCUT2D eigenvalue weighted by Crippen LogP contribution is -2.43. The molecule has 176 valence electrons. The topological polar surface area (TPSA) is 100 Å². The summed E-state index contributed by atoms with van der Waals surface area (Å²) in [4.78, 5) is 41.2. The van der Waals surface area contributed by atoms with E-state index in [4.69, 9.17) is 21.1 Å². The van der Waals surface area contributed by atoms with Gasteiger partial charge in [-0.1, -0.05) is 11.6 Å². The van der Waals surface area contributed by atoms with Crippen molar-refractivity contribution in [3.05, 3.63) is 45.6 Å². The van der Waals surface area contributed by atoms with E-state index in [9.17, 15) is 14.4 Å². The number of hydrogen-bond donors (Lipinski definition) is 2. The number of methoxy groups -OCH3 is 1. The molecule has 2 aliphatic rings. The van der Waals surface area contributed by atoms with Gasteiger partial charge in [0.1, 0.15) is 6.61 Å². The number of anilines is 2. The third-order valence-electron chi connectivity index (χ3n) is 5.57. The number of nitrogens with one attached hydrogen (secondary N) is 2. The van der Waals surface area contributed by atoms with Crippen molar-refractivity contribution in [3.8, 4) is 0 Å². The first kappa shape index (κ1) is 23.7. The SMILES string of the molecule is CO[C@H]1CN(CC(=O)Nc2ccc(N3CCOCC3=O)cc2)C[C@@H]1NC(=O)c1ccc(Cl)s1. The molecule has 3 amide bonds. The summed E-state index contributed by atoms with van der Waals surface area (Å²) in [6.07, 6.45) is -0.220. The van der Waals surface area contributed by atoms with Crippen LogP contribution in [0.1, 0.15) is 9.67 Å². The van der Waals surface area contributed by atoms with Gasteiger partial charge in [0.25, 0.3) is 11.8 Å². The Balaban J connectivity index is 1.29. The monoisotopic (exact) mass is 492 g/mol. The third-order valence-corrected chi connectivity index (χ3v) is 6.80. The molecule has 2 aliphatic heterocycles. The molecule has 1 aromatic heterocycles. The van der Waals surface area contributed by atoms with Crippen LogP contribution >= 0.6 is 22.9 Å². The fourth-order valence-electron chi connectivity index (χ4n) is 3.95. The smallest absolute Gasteiger partial charge is 0.261 e. The standard InChI is InChI=1S/C22H25ClN4O5S/c1-31-17-11-26(10-16(17)25-22(30)18-6-7-19(23)33-18)12-20(28)24-14-2-4-15(5-3-14)27-8-9-32-13-21(27)29/h2-7,16-17H,8-13H2,1H3,(H,24,28)(H,25,30)/t16-,17-/m0/s1. The summed E-state index contributed by atoms with van der Waals surface area (Å²) >= 11 is 7.14. The van der Waals surface area contributed by atoms with Gasteiger partial charge in [-0.3, -0.25) is 19.3 Å². The van der Waals surface area contributed by atoms with E-state index in [-0.39, 0.29) is 43.0 Å². The van der Waals surface area contributed by atoms with Gasteiger partial charge in [-0.2, -0.15) is 0 Å². The molecular weight excluding hydrogens is 468 g/mol. The van der Waals surface area contributed by atoms with Crippen LogP contribution in [-0.2, 0) is 19.1 Å². The molecule has 2 N–H and O–H groups in total. The summed E-state index contributed by atoms with van der Waals surface area (Å²) in [7, 11) is 1.59. The molecule has 2 fully saturated rings. The minimum absolute atomic E-state index is 0.0800. The number of ether oxygens (including phenoxy) is 2. The minimum atomic E-state index is -0.235. The van der Waals surface area contributed by atoms with Gasteiger partial charge in [-0.15, -0.1) is 11.3 Å². The predicted molar refractivity (Wildman–Crippen MR) is 126 cm³/mol. The summed E-state index contributed by atoms with van der Waals surface area (Å²) in [5.74, 6) is -0.454. The summed E-state index contributed by atoms with van der Waals surface area (Å²) in [6.45, 7) is 2.29. The van der Waals surface area contributed by atoms with Gasteiger partial charge >= 0.3 is 0 Å². The van der Waals surface area contributed by atoms with E-state index >= 15 is 0 Å². The number of likely N-dealkylation sites (tertiary alicyclic amines) is 1. The van der Waals surface area contributed by atoms with Crippen LogP contribution in [0.2, 0.25) is 4.34 Å². The van der Waals surface area contributed by atoms with E-state index in [1.54, 1.807) is 48.4 Å². The maximum absolute atomic E-state index is 12.6. The molecule has 11 heteroatoms. The lowest BCUT2D eigenvalue weighted by molar-refractivity contribution is -0.125. The van der Waals surface area contributed by atoms with Crippen LogP contribution in [0.3, 0.4) is 0 Å². The molecule has 2 saturated heterocycles. The summed E-state index contributed by atoms with van der Waals surface area (Å²) in [5, 5.41) is 5.85. The zero-order valence-corrected chi connectivity index (χ0v) is 19.7. The fourth-order valence-corrected chi connectivity index (χ4v) is 4.90. The zero-order chi connectivity index (χ0) is 23.4. The van der Waals surface area contributed by atoms with Crippen molar-refractivity contribution >= 4 is 52.0 Å². The molecule has 2 aromatic rings. The molecule has 33 heavy (non-hydrogen) atoms. The highest BCUT2D eigenvalue weighted by Crippen LogP contribution is 2.23. The van der Waals surface area contributed by atoms with Crippen molar-refractivity contribution < 1.29 is 23.9 Å². The van der Waals surface area contributed by atoms with Gasteiger partial charge < -0.3 is 25.0 Å². The molecule has 3 heterocycles. The summed E-state index contributed by atoms with van der Waals surface area (Å²) in [6, 6.07) is 10.3. The number of rotatable bonds is 7. The van der Waals surface area contributed by atoms with Crippen molar-refractivity contribution in [2.45, 2.75) is 12.1 Å². The Kier molecular flexibility index (Phi) is 7.61. The molecule has 0 bridgehead atoms. The lowest BCUT2D eigenvalue weighted by atomic mass is 10.2. The first-order valence-corrected chi connectivity index (χ1v) is 11.7. The van der Waals surface area contributed by atoms with Gasteiger partial charge in [0, 0.05) is 38.1 Å². The van der Waals surface area contributed by atoms with Crippen molar-refractivity contribution in [3.63, 3.8) is 0 Å². The first-order chi connectivity index (χ1) is 15.9. The molecule has 0 radical (unpaired) electrons. The van der Waals surface area contributed by atoms with Crippen LogP contribution < -0.4 is 15.5 Å². The Hall–Kier alpha value is -2.50. The van der Waals surface area contributed by atoms with Crippen LogP contribution in [0.5, 0.6) is 0 Å². The average Bonchev–Trinajstić information content (AvgIpc) is 3.40. The highest BCUT2D eigenvalue weighted by Gasteiger charge is 2.35. The van der Waals surface area contributed by atoms with Gasteiger partial charge in [0.2, 0.25) is 5.91 Å². The Bertz CT molecular complexity index is 1010. The van der Waals surface area contributed by atoms with Crippen molar-refractivity contribution in [2.24, 2.45) is 0 Å². The second kappa shape index (κ2) is 10.6. The number of hydrogen-bond acceptors (Lipinski definition) is 7. The van der Waals surface area contributed by atoms with E-state index in [0.29, 0.717) is 41.1 Å². The number of morpholine rings is 1. The maximum Gasteiger partial charge on any atom is 0.261 e. The lowest BCUT2D eigenvalue weighted by Gasteiger charge is -2.27. The van der Waals surface area contributed by atoms with E-state index in [2.05, 4.69) is 10.6 Å². The Morgan fingerprint density at radius 3 is 2.67 bits per heavy atom. The van der Waals surface area contributed by atoms with Crippen molar-refractivity contribution in [1.82, 2.24) is 10.2 Å². The zero-order valence-electron chi connectivity index (χ0n) is 18.1. The van der Waals surface area contributed by atoms with Gasteiger partial charge in [0.15, 0.2) is 0 Å². The molecule has 9 nitrogen and oxygen atoms in total. The van der Waals surface area contributed by atoms with Gasteiger partial charge in [-0.25, -0.2) is 0 Å². The van der Waals surface area contributed by atoms with E-state index in [1.807, 2.05) is 4.90 Å². The molecule has 0 saturated carbocycles. The van der Waals surface area contributed by atoms with E-state index < -0.39 is 0 Å². The molecule has 4 rings (SSSR count). The number of carbonyl (C=O) groups excluding carboxylic acids is 3. The molecule has 1 aromatic carbocycles. The second-order valence-electron chi connectivity index (χ2n) is 7.84. The average molecular weight is 493 g/mol. The van der Waals surface area contributed by atoms with Gasteiger partial charge in [0.05, 0.1) is 34.5 Å². The molecule has 0 unspecified atom stereocenters. The highest BCUT2D eigenvalue weighted by atomic mass is 35.5. The van der Waals surface area contributed by atoms with Crippen molar-refractivity contribution in [2.75, 3.05) is 56.7 Å². The predicted octanol–water partition coefficient (Wildman–Crippen LogP) is 1.83. The van der Waals surface area contributed by atoms with E-state index in [1.165, 1.54) is 11.3 Å². The van der Waals surface area contributed by atoms with Crippen LogP contribution in [0, 0.1) is 0 Å². The van der Waals surface area contributed by atoms with E-state index in [0.717, 1.165) is 5.69 Å². The molecule has 0 aliphatic carbocycles.